The van der Waals surface area contributed by atoms with Crippen LogP contribution in [-0.4, -0.2) is 22.0 Å². The maximum absolute atomic E-state index is 12.8. The minimum Gasteiger partial charge on any atom is -0.336 e. The number of amides is 2. The van der Waals surface area contributed by atoms with Crippen molar-refractivity contribution < 1.29 is 9.59 Å². The van der Waals surface area contributed by atoms with Gasteiger partial charge in [-0.3, -0.25) is 14.9 Å². The molecule has 3 rings (SSSR count). The molecule has 6 nitrogen and oxygen atoms in total. The second kappa shape index (κ2) is 8.35. The molecule has 7 heteroatoms. The minimum absolute atomic E-state index is 0.318. The third-order valence-corrected chi connectivity index (χ3v) is 4.69. The molecule has 0 fully saturated rings. The maximum atomic E-state index is 12.8. The van der Waals surface area contributed by atoms with E-state index in [4.69, 9.17) is 0 Å². The number of nitrogens with one attached hydrogen (secondary N) is 2. The van der Waals surface area contributed by atoms with E-state index in [1.165, 1.54) is 11.3 Å². The van der Waals surface area contributed by atoms with Crippen LogP contribution in [0.4, 0.5) is 5.13 Å². The fraction of sp³-hybridized carbons (Fsp3) is 0.158. The zero-order valence-corrected chi connectivity index (χ0v) is 15.0. The molecule has 0 radical (unpaired) electrons. The molecule has 1 aromatic heterocycles. The predicted octanol–water partition coefficient (Wildman–Crippen LogP) is 3.21. The Morgan fingerprint density at radius 1 is 1.00 bits per heavy atom. The monoisotopic (exact) mass is 366 g/mol. The first-order chi connectivity index (χ1) is 12.7. The molecule has 132 valence electrons. The lowest BCUT2D eigenvalue weighted by Crippen LogP contribution is -2.37. The second-order valence-corrected chi connectivity index (χ2v) is 6.59. The second-order valence-electron chi connectivity index (χ2n) is 5.53. The van der Waals surface area contributed by atoms with Gasteiger partial charge in [0.1, 0.15) is 11.0 Å². The molecule has 0 aliphatic rings. The number of rotatable bonds is 6. The van der Waals surface area contributed by atoms with Crippen LogP contribution >= 0.6 is 11.3 Å². The molecule has 2 N–H and O–H groups in total. The van der Waals surface area contributed by atoms with Crippen LogP contribution in [0, 0.1) is 0 Å². The van der Waals surface area contributed by atoms with Gasteiger partial charge < -0.3 is 5.32 Å². The van der Waals surface area contributed by atoms with E-state index in [2.05, 4.69) is 20.8 Å². The van der Waals surface area contributed by atoms with Gasteiger partial charge in [0.15, 0.2) is 0 Å². The first-order valence-corrected chi connectivity index (χ1v) is 9.03. The van der Waals surface area contributed by atoms with E-state index < -0.39 is 6.04 Å². The van der Waals surface area contributed by atoms with E-state index in [1.54, 1.807) is 36.4 Å². The molecule has 1 heterocycles. The van der Waals surface area contributed by atoms with Gasteiger partial charge in [-0.2, -0.15) is 0 Å². The number of carbonyl (C=O) groups excluding carboxylic acids is 2. The van der Waals surface area contributed by atoms with E-state index in [9.17, 15) is 9.59 Å². The number of carbonyl (C=O) groups is 2. The van der Waals surface area contributed by atoms with Crippen LogP contribution in [0.5, 0.6) is 0 Å². The highest BCUT2D eigenvalue weighted by Crippen LogP contribution is 2.20. The van der Waals surface area contributed by atoms with E-state index in [0.717, 1.165) is 11.4 Å². The molecule has 0 saturated carbocycles. The van der Waals surface area contributed by atoms with Crippen molar-refractivity contribution in [3.8, 4) is 0 Å². The Balaban J connectivity index is 1.81. The summed E-state index contributed by atoms with van der Waals surface area (Å²) in [5.41, 5.74) is 1.18. The van der Waals surface area contributed by atoms with Crippen molar-refractivity contribution in [2.24, 2.45) is 0 Å². The van der Waals surface area contributed by atoms with Gasteiger partial charge in [0.05, 0.1) is 0 Å². The lowest BCUT2D eigenvalue weighted by Gasteiger charge is -2.18. The third-order valence-electron chi connectivity index (χ3n) is 3.71. The number of hydrogen-bond donors (Lipinski definition) is 2. The van der Waals surface area contributed by atoms with Crippen LogP contribution in [0.15, 0.2) is 60.7 Å². The highest BCUT2D eigenvalue weighted by molar-refractivity contribution is 7.15. The quantitative estimate of drug-likeness (QED) is 0.702. The van der Waals surface area contributed by atoms with Crippen LogP contribution < -0.4 is 10.6 Å². The first-order valence-electron chi connectivity index (χ1n) is 8.21. The van der Waals surface area contributed by atoms with E-state index in [0.29, 0.717) is 16.3 Å². The number of benzene rings is 2. The molecule has 1 unspecified atom stereocenters. The Morgan fingerprint density at radius 2 is 1.65 bits per heavy atom. The summed E-state index contributed by atoms with van der Waals surface area (Å²) < 4.78 is 0. The largest absolute Gasteiger partial charge is 0.336 e. The van der Waals surface area contributed by atoms with E-state index in [1.807, 2.05) is 31.2 Å². The van der Waals surface area contributed by atoms with Crippen molar-refractivity contribution >= 4 is 28.3 Å². The zero-order valence-electron chi connectivity index (χ0n) is 14.2. The molecular weight excluding hydrogens is 348 g/mol. The Hall–Kier alpha value is -3.06. The SMILES string of the molecule is CCc1nnc(NC(=O)C(NC(=O)c2ccccc2)c2ccccc2)s1. The van der Waals surface area contributed by atoms with Crippen LogP contribution in [0.3, 0.4) is 0 Å². The molecule has 0 saturated heterocycles. The van der Waals surface area contributed by atoms with E-state index in [-0.39, 0.29) is 11.8 Å². The van der Waals surface area contributed by atoms with Crippen molar-refractivity contribution in [2.75, 3.05) is 5.32 Å². The summed E-state index contributed by atoms with van der Waals surface area (Å²) in [6, 6.07) is 17.1. The number of anilines is 1. The van der Waals surface area contributed by atoms with Gasteiger partial charge in [-0.25, -0.2) is 0 Å². The van der Waals surface area contributed by atoms with Crippen molar-refractivity contribution in [1.82, 2.24) is 15.5 Å². The molecule has 1 atom stereocenters. The summed E-state index contributed by atoms with van der Waals surface area (Å²) in [7, 11) is 0. The highest BCUT2D eigenvalue weighted by Gasteiger charge is 2.24. The fourth-order valence-electron chi connectivity index (χ4n) is 2.37. The van der Waals surface area contributed by atoms with Gasteiger partial charge in [-0.05, 0) is 24.1 Å². The van der Waals surface area contributed by atoms with Crippen molar-refractivity contribution in [3.05, 3.63) is 76.8 Å². The average molecular weight is 366 g/mol. The van der Waals surface area contributed by atoms with Gasteiger partial charge in [0.25, 0.3) is 11.8 Å². The van der Waals surface area contributed by atoms with Crippen LogP contribution in [0.2, 0.25) is 0 Å². The smallest absolute Gasteiger partial charge is 0.253 e. The molecule has 2 aromatic carbocycles. The molecule has 0 aliphatic carbocycles. The molecular formula is C19H18N4O2S. The third kappa shape index (κ3) is 4.31. The molecule has 0 spiro atoms. The lowest BCUT2D eigenvalue weighted by atomic mass is 10.1. The van der Waals surface area contributed by atoms with E-state index >= 15 is 0 Å². The van der Waals surface area contributed by atoms with Gasteiger partial charge in [-0.1, -0.05) is 66.8 Å². The Labute approximate surface area is 155 Å². The Morgan fingerprint density at radius 3 is 2.27 bits per heavy atom. The van der Waals surface area contributed by atoms with Crippen molar-refractivity contribution in [3.63, 3.8) is 0 Å². The Kier molecular flexibility index (Phi) is 5.70. The maximum Gasteiger partial charge on any atom is 0.253 e. The van der Waals surface area contributed by atoms with Gasteiger partial charge in [-0.15, -0.1) is 10.2 Å². The van der Waals surface area contributed by atoms with Crippen LogP contribution in [0.1, 0.15) is 33.9 Å². The molecule has 0 bridgehead atoms. The summed E-state index contributed by atoms with van der Waals surface area (Å²) in [6.07, 6.45) is 0.750. The number of aryl methyl sites for hydroxylation is 1. The Bertz CT molecular complexity index is 881. The summed E-state index contributed by atoms with van der Waals surface area (Å²) in [5.74, 6) is -0.680. The normalized spacial score (nSPS) is 11.6. The molecule has 0 aliphatic heterocycles. The average Bonchev–Trinajstić information content (AvgIpc) is 3.14. The zero-order chi connectivity index (χ0) is 18.4. The van der Waals surface area contributed by atoms with Gasteiger partial charge in [0, 0.05) is 5.56 Å². The molecule has 26 heavy (non-hydrogen) atoms. The molecule has 2 amide bonds. The fourth-order valence-corrected chi connectivity index (χ4v) is 3.06. The van der Waals surface area contributed by atoms with Crippen molar-refractivity contribution in [2.45, 2.75) is 19.4 Å². The summed E-state index contributed by atoms with van der Waals surface area (Å²) in [5, 5.41) is 14.8. The van der Waals surface area contributed by atoms with Gasteiger partial charge in [0.2, 0.25) is 5.13 Å². The lowest BCUT2D eigenvalue weighted by molar-refractivity contribution is -0.118. The summed E-state index contributed by atoms with van der Waals surface area (Å²) >= 11 is 1.32. The minimum atomic E-state index is -0.835. The topological polar surface area (TPSA) is 84.0 Å². The summed E-state index contributed by atoms with van der Waals surface area (Å²) in [4.78, 5) is 25.3. The molecule has 3 aromatic rings. The predicted molar refractivity (Wildman–Crippen MR) is 101 cm³/mol. The number of nitrogens with zero attached hydrogens (tertiary/aromatic N) is 2. The standard InChI is InChI=1S/C19H18N4O2S/c1-2-15-22-23-19(26-15)21-18(25)16(13-9-5-3-6-10-13)20-17(24)14-11-7-4-8-12-14/h3-12,16H,2H2,1H3,(H,20,24)(H,21,23,25). The van der Waals surface area contributed by atoms with Crippen LogP contribution in [0.25, 0.3) is 0 Å². The van der Waals surface area contributed by atoms with Crippen molar-refractivity contribution in [1.29, 1.82) is 0 Å². The van der Waals surface area contributed by atoms with Gasteiger partial charge >= 0.3 is 0 Å². The number of hydrogen-bond acceptors (Lipinski definition) is 5. The first kappa shape index (κ1) is 17.8. The highest BCUT2D eigenvalue weighted by atomic mass is 32.1. The van der Waals surface area contributed by atoms with Crippen LogP contribution in [-0.2, 0) is 11.2 Å². The number of aromatic nitrogens is 2. The summed E-state index contributed by atoms with van der Waals surface area (Å²) in [6.45, 7) is 1.97.